The highest BCUT2D eigenvalue weighted by Gasteiger charge is 2.39. The summed E-state index contributed by atoms with van der Waals surface area (Å²) in [7, 11) is -3.91. The van der Waals surface area contributed by atoms with Gasteiger partial charge in [0.05, 0.1) is 17.5 Å². The van der Waals surface area contributed by atoms with Gasteiger partial charge in [-0.1, -0.05) is 6.92 Å². The second-order valence-corrected chi connectivity index (χ2v) is 7.01. The van der Waals surface area contributed by atoms with Crippen LogP contribution in [0.25, 0.3) is 0 Å². The fraction of sp³-hybridized carbons (Fsp3) is 0.462. The third-order valence-electron chi connectivity index (χ3n) is 3.82. The Hall–Kier alpha value is -1.64. The van der Waals surface area contributed by atoms with Crippen molar-refractivity contribution in [2.75, 3.05) is 13.2 Å². The Morgan fingerprint density at radius 1 is 1.43 bits per heavy atom. The minimum atomic E-state index is -3.91. The van der Waals surface area contributed by atoms with Gasteiger partial charge in [-0.15, -0.1) is 0 Å². The Balaban J connectivity index is 2.45. The highest BCUT2D eigenvalue weighted by molar-refractivity contribution is 7.89. The molecule has 0 aliphatic carbocycles. The van der Waals surface area contributed by atoms with E-state index >= 15 is 0 Å². The summed E-state index contributed by atoms with van der Waals surface area (Å²) in [5, 5.41) is 27.8. The molecule has 3 N–H and O–H groups in total. The summed E-state index contributed by atoms with van der Waals surface area (Å²) >= 11 is 0. The quantitative estimate of drug-likeness (QED) is 0.744. The number of aromatic hydroxyl groups is 1. The number of benzene rings is 1. The molecule has 0 bridgehead atoms. The number of hydrogen-bond donors (Lipinski definition) is 3. The minimum Gasteiger partial charge on any atom is -0.507 e. The lowest BCUT2D eigenvalue weighted by molar-refractivity contribution is 0.0693. The molecule has 7 nitrogen and oxygen atoms in total. The summed E-state index contributed by atoms with van der Waals surface area (Å²) in [6.07, 6.45) is 0.633. The Labute approximate surface area is 122 Å². The number of aliphatic hydroxyl groups excluding tert-OH is 1. The molecular weight excluding hydrogens is 298 g/mol. The first-order valence-corrected chi connectivity index (χ1v) is 7.92. The molecule has 1 saturated heterocycles. The molecule has 1 heterocycles. The standard InChI is InChI=1S/C13H17NO6S/c1-8-4-5-14(11(8)7-15)21(19,20)9-2-3-12(16)10(6-9)13(17)18/h2-3,6,8,11,15-16H,4-5,7H2,1H3,(H,17,18). The Morgan fingerprint density at radius 3 is 2.67 bits per heavy atom. The van der Waals surface area contributed by atoms with Gasteiger partial charge in [-0.2, -0.15) is 4.31 Å². The highest BCUT2D eigenvalue weighted by atomic mass is 32.2. The van der Waals surface area contributed by atoms with Crippen LogP contribution in [-0.4, -0.2) is 53.2 Å². The van der Waals surface area contributed by atoms with Gasteiger partial charge in [0.25, 0.3) is 0 Å². The van der Waals surface area contributed by atoms with Crippen molar-refractivity contribution in [3.8, 4) is 5.75 Å². The summed E-state index contributed by atoms with van der Waals surface area (Å²) in [6.45, 7) is 1.85. The first-order chi connectivity index (χ1) is 9.78. The van der Waals surface area contributed by atoms with Crippen LogP contribution >= 0.6 is 0 Å². The molecular formula is C13H17NO6S. The molecule has 2 unspecified atom stereocenters. The molecule has 0 aromatic heterocycles. The largest absolute Gasteiger partial charge is 0.507 e. The number of carboxylic acid groups (broad SMARTS) is 1. The number of sulfonamides is 1. The molecule has 116 valence electrons. The van der Waals surface area contributed by atoms with Gasteiger partial charge in [0, 0.05) is 6.54 Å². The summed E-state index contributed by atoms with van der Waals surface area (Å²) in [6, 6.07) is 2.63. The van der Waals surface area contributed by atoms with Crippen LogP contribution in [0.1, 0.15) is 23.7 Å². The number of phenols is 1. The third kappa shape index (κ3) is 2.74. The van der Waals surface area contributed by atoms with E-state index in [1.165, 1.54) is 4.31 Å². The van der Waals surface area contributed by atoms with Crippen molar-refractivity contribution in [3.63, 3.8) is 0 Å². The molecule has 1 aliphatic rings. The molecule has 1 fully saturated rings. The topological polar surface area (TPSA) is 115 Å². The van der Waals surface area contributed by atoms with Gasteiger partial charge in [0.1, 0.15) is 11.3 Å². The normalized spacial score (nSPS) is 23.3. The van der Waals surface area contributed by atoms with Crippen molar-refractivity contribution in [3.05, 3.63) is 23.8 Å². The first-order valence-electron chi connectivity index (χ1n) is 6.48. The molecule has 0 amide bonds. The van der Waals surface area contributed by atoms with Gasteiger partial charge in [-0.05, 0) is 30.5 Å². The van der Waals surface area contributed by atoms with E-state index in [2.05, 4.69) is 0 Å². The molecule has 2 atom stereocenters. The second-order valence-electron chi connectivity index (χ2n) is 5.12. The molecule has 1 aliphatic heterocycles. The van der Waals surface area contributed by atoms with Crippen molar-refractivity contribution in [1.29, 1.82) is 0 Å². The van der Waals surface area contributed by atoms with Crippen molar-refractivity contribution in [2.24, 2.45) is 5.92 Å². The fourth-order valence-corrected chi connectivity index (χ4v) is 4.28. The number of hydrogen-bond acceptors (Lipinski definition) is 5. The van der Waals surface area contributed by atoms with Crippen molar-refractivity contribution < 1.29 is 28.5 Å². The van der Waals surface area contributed by atoms with E-state index < -0.39 is 33.3 Å². The summed E-state index contributed by atoms with van der Waals surface area (Å²) in [5.41, 5.74) is -0.469. The monoisotopic (exact) mass is 315 g/mol. The maximum atomic E-state index is 12.6. The van der Waals surface area contributed by atoms with Gasteiger partial charge in [0.15, 0.2) is 0 Å². The maximum absolute atomic E-state index is 12.6. The van der Waals surface area contributed by atoms with Gasteiger partial charge in [0.2, 0.25) is 10.0 Å². The summed E-state index contributed by atoms with van der Waals surface area (Å²) in [4.78, 5) is 10.8. The van der Waals surface area contributed by atoms with E-state index in [4.69, 9.17) is 5.11 Å². The van der Waals surface area contributed by atoms with Gasteiger partial charge < -0.3 is 15.3 Å². The van der Waals surface area contributed by atoms with Gasteiger partial charge >= 0.3 is 5.97 Å². The highest BCUT2D eigenvalue weighted by Crippen LogP contribution is 2.31. The zero-order valence-corrected chi connectivity index (χ0v) is 12.2. The first kappa shape index (κ1) is 15.7. The number of aromatic carboxylic acids is 1. The summed E-state index contributed by atoms with van der Waals surface area (Å²) < 4.78 is 26.3. The van der Waals surface area contributed by atoms with Crippen molar-refractivity contribution >= 4 is 16.0 Å². The number of carboxylic acids is 1. The molecule has 1 aromatic rings. The van der Waals surface area contributed by atoms with E-state index in [0.29, 0.717) is 6.42 Å². The molecule has 21 heavy (non-hydrogen) atoms. The van der Waals surface area contributed by atoms with E-state index in [9.17, 15) is 23.4 Å². The predicted molar refractivity (Wildman–Crippen MR) is 73.6 cm³/mol. The van der Waals surface area contributed by atoms with Crippen molar-refractivity contribution in [2.45, 2.75) is 24.3 Å². The Bertz CT molecular complexity index is 657. The Kier molecular flexibility index (Phi) is 4.22. The lowest BCUT2D eigenvalue weighted by Gasteiger charge is -2.24. The van der Waals surface area contributed by atoms with Crippen LogP contribution < -0.4 is 0 Å². The molecule has 0 radical (unpaired) electrons. The molecule has 0 saturated carbocycles. The van der Waals surface area contributed by atoms with Gasteiger partial charge in [-0.25, -0.2) is 13.2 Å². The second kappa shape index (κ2) is 5.63. The Morgan fingerprint density at radius 2 is 2.10 bits per heavy atom. The lowest BCUT2D eigenvalue weighted by atomic mass is 10.0. The van der Waals surface area contributed by atoms with E-state index in [-0.39, 0.29) is 24.0 Å². The van der Waals surface area contributed by atoms with Crippen molar-refractivity contribution in [1.82, 2.24) is 4.31 Å². The molecule has 2 rings (SSSR count). The SMILES string of the molecule is CC1CCN(S(=O)(=O)c2ccc(O)c(C(=O)O)c2)C1CO. The lowest BCUT2D eigenvalue weighted by Crippen LogP contribution is -2.39. The summed E-state index contributed by atoms with van der Waals surface area (Å²) in [5.74, 6) is -1.87. The molecule has 8 heteroatoms. The third-order valence-corrected chi connectivity index (χ3v) is 5.74. The zero-order chi connectivity index (χ0) is 15.8. The minimum absolute atomic E-state index is 0.0286. The number of nitrogens with zero attached hydrogens (tertiary/aromatic N) is 1. The average molecular weight is 315 g/mol. The smallest absolute Gasteiger partial charge is 0.339 e. The van der Waals surface area contributed by atoms with E-state index in [1.807, 2.05) is 6.92 Å². The molecule has 0 spiro atoms. The number of aliphatic hydroxyl groups is 1. The maximum Gasteiger partial charge on any atom is 0.339 e. The average Bonchev–Trinajstić information content (AvgIpc) is 2.80. The number of carbonyl (C=O) groups is 1. The van der Waals surface area contributed by atoms with Gasteiger partial charge in [-0.3, -0.25) is 0 Å². The fourth-order valence-electron chi connectivity index (χ4n) is 2.52. The van der Waals surface area contributed by atoms with Crippen LogP contribution in [0, 0.1) is 5.92 Å². The zero-order valence-electron chi connectivity index (χ0n) is 11.4. The predicted octanol–water partition coefficient (Wildman–Crippen LogP) is 0.482. The molecule has 1 aromatic carbocycles. The van der Waals surface area contributed by atoms with E-state index in [1.54, 1.807) is 0 Å². The van der Waals surface area contributed by atoms with Crippen LogP contribution in [0.3, 0.4) is 0 Å². The van der Waals surface area contributed by atoms with Crippen LogP contribution in [0.4, 0.5) is 0 Å². The van der Waals surface area contributed by atoms with Crippen LogP contribution in [0.5, 0.6) is 5.75 Å². The number of rotatable bonds is 4. The van der Waals surface area contributed by atoms with Crippen LogP contribution in [0.15, 0.2) is 23.1 Å². The van der Waals surface area contributed by atoms with E-state index in [0.717, 1.165) is 18.2 Å². The van der Waals surface area contributed by atoms with Crippen LogP contribution in [-0.2, 0) is 10.0 Å². The van der Waals surface area contributed by atoms with Crippen LogP contribution in [0.2, 0.25) is 0 Å².